The molecule has 0 aliphatic carbocycles. The van der Waals surface area contributed by atoms with Crippen LogP contribution >= 0.6 is 11.8 Å². The number of carbonyl (C=O) groups is 1. The Kier molecular flexibility index (Phi) is 14.1. The molecule has 0 aliphatic heterocycles. The minimum Gasteiger partial charge on any atom is -0.494 e. The molecule has 1 heterocycles. The normalized spacial score (nSPS) is 10.8. The molecule has 210 valence electrons. The lowest BCUT2D eigenvalue weighted by Crippen LogP contribution is -2.29. The zero-order valence-electron chi connectivity index (χ0n) is 23.1. The number of carbonyl (C=O) groups excluding carboxylic acids is 1. The van der Waals surface area contributed by atoms with Crippen molar-refractivity contribution in [2.75, 3.05) is 25.5 Å². The van der Waals surface area contributed by atoms with Gasteiger partial charge in [-0.15, -0.1) is 16.8 Å². The van der Waals surface area contributed by atoms with Gasteiger partial charge in [0.2, 0.25) is 5.91 Å². The van der Waals surface area contributed by atoms with Crippen LogP contribution in [0.15, 0.2) is 72.4 Å². The van der Waals surface area contributed by atoms with Crippen molar-refractivity contribution in [1.82, 2.24) is 20.1 Å². The lowest BCUT2D eigenvalue weighted by molar-refractivity contribution is -0.118. The fraction of sp³-hybridized carbons (Fsp3) is 0.452. The summed E-state index contributed by atoms with van der Waals surface area (Å²) in [6.07, 6.45) is 12.1. The Labute approximate surface area is 237 Å². The van der Waals surface area contributed by atoms with Gasteiger partial charge in [0.05, 0.1) is 18.9 Å². The number of amides is 1. The first-order chi connectivity index (χ1) is 19.2. The molecule has 7 nitrogen and oxygen atoms in total. The molecule has 0 unspecified atom stereocenters. The molecule has 1 aromatic heterocycles. The Morgan fingerprint density at radius 3 is 2.28 bits per heavy atom. The van der Waals surface area contributed by atoms with Crippen LogP contribution in [-0.4, -0.2) is 46.2 Å². The fourth-order valence-electron chi connectivity index (χ4n) is 4.09. The summed E-state index contributed by atoms with van der Waals surface area (Å²) in [5.74, 6) is 2.55. The monoisotopic (exact) mass is 550 g/mol. The Morgan fingerprint density at radius 2 is 1.56 bits per heavy atom. The summed E-state index contributed by atoms with van der Waals surface area (Å²) in [5.41, 5.74) is 0.943. The minimum atomic E-state index is -0.0793. The molecule has 3 rings (SSSR count). The number of aromatic nitrogens is 3. The van der Waals surface area contributed by atoms with E-state index >= 15 is 0 Å². The molecule has 0 bridgehead atoms. The molecule has 8 heteroatoms. The van der Waals surface area contributed by atoms with Crippen LogP contribution in [0.2, 0.25) is 0 Å². The number of hydrogen-bond donors (Lipinski definition) is 1. The molecule has 39 heavy (non-hydrogen) atoms. The van der Waals surface area contributed by atoms with Gasteiger partial charge in [-0.3, -0.25) is 9.36 Å². The molecule has 3 aromatic rings. The van der Waals surface area contributed by atoms with E-state index in [-0.39, 0.29) is 11.7 Å². The molecule has 0 aliphatic rings. The van der Waals surface area contributed by atoms with E-state index in [1.807, 2.05) is 59.2 Å². The average molecular weight is 551 g/mol. The Bertz CT molecular complexity index is 1100. The van der Waals surface area contributed by atoms with Crippen molar-refractivity contribution >= 4 is 17.7 Å². The smallest absolute Gasteiger partial charge is 0.230 e. The van der Waals surface area contributed by atoms with Gasteiger partial charge in [0.25, 0.3) is 0 Å². The lowest BCUT2D eigenvalue weighted by atomic mass is 10.1. The predicted molar refractivity (Wildman–Crippen MR) is 159 cm³/mol. The first-order valence-electron chi connectivity index (χ1n) is 14.1. The highest BCUT2D eigenvalue weighted by atomic mass is 32.2. The summed E-state index contributed by atoms with van der Waals surface area (Å²) in [6, 6.07) is 17.5. The van der Waals surface area contributed by atoms with Crippen molar-refractivity contribution in [3.8, 4) is 22.9 Å². The summed E-state index contributed by atoms with van der Waals surface area (Å²) >= 11 is 1.35. The van der Waals surface area contributed by atoms with E-state index < -0.39 is 0 Å². The van der Waals surface area contributed by atoms with Crippen molar-refractivity contribution in [2.24, 2.45) is 0 Å². The van der Waals surface area contributed by atoms with Crippen LogP contribution in [0.25, 0.3) is 11.4 Å². The molecule has 0 radical (unpaired) electrons. The molecule has 0 atom stereocenters. The Balaban J connectivity index is 1.41. The van der Waals surface area contributed by atoms with Gasteiger partial charge in [-0.2, -0.15) is 0 Å². The highest BCUT2D eigenvalue weighted by Crippen LogP contribution is 2.26. The van der Waals surface area contributed by atoms with Crippen LogP contribution < -0.4 is 14.8 Å². The quantitative estimate of drug-likeness (QED) is 0.0933. The maximum Gasteiger partial charge on any atom is 0.230 e. The van der Waals surface area contributed by atoms with Gasteiger partial charge in [-0.1, -0.05) is 87.9 Å². The van der Waals surface area contributed by atoms with Gasteiger partial charge in [0.15, 0.2) is 11.0 Å². The molecule has 1 N–H and O–H groups in total. The maximum absolute atomic E-state index is 12.3. The van der Waals surface area contributed by atoms with Crippen LogP contribution in [0, 0.1) is 0 Å². The SMILES string of the molecule is C=CCn1c(SCC(=O)NCCOc2ccccc2)nnc1-c1ccc(OCCCCCCCCCC)cc1. The van der Waals surface area contributed by atoms with E-state index in [4.69, 9.17) is 9.47 Å². The second kappa shape index (κ2) is 18.1. The molecular weight excluding hydrogens is 508 g/mol. The topological polar surface area (TPSA) is 78.3 Å². The van der Waals surface area contributed by atoms with Crippen molar-refractivity contribution in [3.05, 3.63) is 67.3 Å². The number of benzene rings is 2. The molecule has 1 amide bonds. The number of allylic oxidation sites excluding steroid dienone is 1. The van der Waals surface area contributed by atoms with E-state index in [0.717, 1.165) is 35.9 Å². The highest BCUT2D eigenvalue weighted by Gasteiger charge is 2.15. The van der Waals surface area contributed by atoms with Crippen LogP contribution in [0.3, 0.4) is 0 Å². The summed E-state index contributed by atoms with van der Waals surface area (Å²) in [4.78, 5) is 12.3. The number of nitrogens with zero attached hydrogens (tertiary/aromatic N) is 3. The van der Waals surface area contributed by atoms with Crippen molar-refractivity contribution in [2.45, 2.75) is 70.0 Å². The molecular formula is C31H42N4O3S. The van der Waals surface area contributed by atoms with Crippen molar-refractivity contribution in [3.63, 3.8) is 0 Å². The zero-order valence-corrected chi connectivity index (χ0v) is 24.0. The number of hydrogen-bond acceptors (Lipinski definition) is 6. The zero-order chi connectivity index (χ0) is 27.5. The number of unbranched alkanes of at least 4 members (excludes halogenated alkanes) is 7. The van der Waals surface area contributed by atoms with Gasteiger partial charge in [-0.05, 0) is 42.8 Å². The minimum absolute atomic E-state index is 0.0793. The van der Waals surface area contributed by atoms with Crippen LogP contribution in [0.4, 0.5) is 0 Å². The van der Waals surface area contributed by atoms with E-state index in [9.17, 15) is 4.79 Å². The third-order valence-corrected chi connectivity index (χ3v) is 7.14. The van der Waals surface area contributed by atoms with Gasteiger partial charge in [0.1, 0.15) is 18.1 Å². The van der Waals surface area contributed by atoms with E-state index in [0.29, 0.717) is 24.9 Å². The molecule has 0 spiro atoms. The summed E-state index contributed by atoms with van der Waals surface area (Å²) in [5, 5.41) is 12.3. The molecule has 0 fully saturated rings. The predicted octanol–water partition coefficient (Wildman–Crippen LogP) is 6.94. The van der Waals surface area contributed by atoms with Gasteiger partial charge in [-0.25, -0.2) is 0 Å². The van der Waals surface area contributed by atoms with Crippen molar-refractivity contribution in [1.29, 1.82) is 0 Å². The first-order valence-corrected chi connectivity index (χ1v) is 15.0. The second-order valence-corrected chi connectivity index (χ2v) is 10.3. The number of para-hydroxylation sites is 1. The third-order valence-electron chi connectivity index (χ3n) is 6.18. The summed E-state index contributed by atoms with van der Waals surface area (Å²) < 4.78 is 13.5. The molecule has 2 aromatic carbocycles. The second-order valence-electron chi connectivity index (χ2n) is 9.35. The number of thioether (sulfide) groups is 1. The molecule has 0 saturated carbocycles. The van der Waals surface area contributed by atoms with Gasteiger partial charge >= 0.3 is 0 Å². The number of nitrogens with one attached hydrogen (secondary N) is 1. The van der Waals surface area contributed by atoms with E-state index in [2.05, 4.69) is 29.0 Å². The molecule has 0 saturated heterocycles. The van der Waals surface area contributed by atoms with E-state index in [1.54, 1.807) is 6.08 Å². The fourth-order valence-corrected chi connectivity index (χ4v) is 4.86. The summed E-state index contributed by atoms with van der Waals surface area (Å²) in [7, 11) is 0. The number of rotatable bonds is 20. The van der Waals surface area contributed by atoms with Gasteiger partial charge in [0, 0.05) is 12.1 Å². The average Bonchev–Trinajstić information content (AvgIpc) is 3.37. The van der Waals surface area contributed by atoms with E-state index in [1.165, 1.54) is 56.7 Å². The Hall–Kier alpha value is -3.26. The number of ether oxygens (including phenoxy) is 2. The summed E-state index contributed by atoms with van der Waals surface area (Å²) in [6.45, 7) is 8.26. The van der Waals surface area contributed by atoms with Crippen LogP contribution in [0.5, 0.6) is 11.5 Å². The third kappa shape index (κ3) is 11.2. The van der Waals surface area contributed by atoms with Crippen LogP contribution in [-0.2, 0) is 11.3 Å². The highest BCUT2D eigenvalue weighted by molar-refractivity contribution is 7.99. The largest absolute Gasteiger partial charge is 0.494 e. The Morgan fingerprint density at radius 1 is 0.897 bits per heavy atom. The van der Waals surface area contributed by atoms with Gasteiger partial charge < -0.3 is 14.8 Å². The lowest BCUT2D eigenvalue weighted by Gasteiger charge is -2.10. The van der Waals surface area contributed by atoms with Crippen LogP contribution in [0.1, 0.15) is 58.3 Å². The first kappa shape index (κ1) is 30.3. The van der Waals surface area contributed by atoms with Crippen molar-refractivity contribution < 1.29 is 14.3 Å². The maximum atomic E-state index is 12.3. The standard InChI is InChI=1S/C31H42N4O3S/c1-3-5-6-7-8-9-10-14-23-37-28-19-17-26(18-20-28)30-33-34-31(35(30)22-4-2)39-25-29(36)32-21-24-38-27-15-12-11-13-16-27/h4,11-13,15-20H,2-3,5-10,14,21-25H2,1H3,(H,32,36).